The van der Waals surface area contributed by atoms with E-state index < -0.39 is 125 Å². The zero-order valence-electron chi connectivity index (χ0n) is 35.7. The first-order valence-corrected chi connectivity index (χ1v) is 20.2. The smallest absolute Gasteiger partial charge is 0.408 e. The van der Waals surface area contributed by atoms with Gasteiger partial charge in [0.2, 0.25) is 0 Å². The van der Waals surface area contributed by atoms with Crippen LogP contribution < -0.4 is 5.32 Å². The van der Waals surface area contributed by atoms with E-state index in [0.717, 1.165) is 13.8 Å². The van der Waals surface area contributed by atoms with Crippen LogP contribution in [0.5, 0.6) is 0 Å². The number of carbonyl (C=O) groups is 6. The molecular weight excluding hydrogens is 797 g/mol. The lowest BCUT2D eigenvalue weighted by atomic mass is 9.45. The van der Waals surface area contributed by atoms with Crippen molar-refractivity contribution < 1.29 is 71.8 Å². The van der Waals surface area contributed by atoms with Crippen molar-refractivity contribution in [3.63, 3.8) is 0 Å². The van der Waals surface area contributed by atoms with Gasteiger partial charge < -0.3 is 44.0 Å². The molecule has 11 atom stereocenters. The molecule has 61 heavy (non-hydrogen) atoms. The van der Waals surface area contributed by atoms with Gasteiger partial charge in [-0.3, -0.25) is 14.4 Å². The van der Waals surface area contributed by atoms with Gasteiger partial charge in [-0.1, -0.05) is 62.4 Å². The number of esters is 4. The Bertz CT molecular complexity index is 2100. The maximum atomic E-state index is 17.1. The van der Waals surface area contributed by atoms with Gasteiger partial charge in [-0.15, -0.1) is 0 Å². The summed E-state index contributed by atoms with van der Waals surface area (Å²) >= 11 is 0. The lowest BCUT2D eigenvalue weighted by molar-refractivity contribution is -0.341. The number of aliphatic hydroxyl groups excluding tert-OH is 1. The Morgan fingerprint density at radius 1 is 0.918 bits per heavy atom. The van der Waals surface area contributed by atoms with E-state index in [2.05, 4.69) is 5.32 Å². The summed E-state index contributed by atoms with van der Waals surface area (Å²) < 4.78 is 52.5. The molecule has 0 radical (unpaired) electrons. The largest absolute Gasteiger partial charge is 0.456 e. The number of nitrogens with one attached hydrogen (secondary N) is 1. The van der Waals surface area contributed by atoms with E-state index in [-0.39, 0.29) is 23.3 Å². The van der Waals surface area contributed by atoms with Gasteiger partial charge in [0.1, 0.15) is 35.7 Å². The lowest BCUT2D eigenvalue weighted by Crippen LogP contribution is -2.81. The predicted octanol–water partition coefficient (Wildman–Crippen LogP) is 4.81. The van der Waals surface area contributed by atoms with Crippen LogP contribution in [0.4, 0.5) is 9.18 Å². The van der Waals surface area contributed by atoms with Crippen LogP contribution in [-0.2, 0) is 47.6 Å². The van der Waals surface area contributed by atoms with Gasteiger partial charge in [0, 0.05) is 32.1 Å². The fourth-order valence-electron chi connectivity index (χ4n) is 9.77. The number of benzene rings is 2. The van der Waals surface area contributed by atoms with E-state index >= 15 is 9.18 Å². The SMILES string of the molecule is CC(=O)O[C@H]1C(=O)[C@@]2(C)C([C@H](OC(=O)c3ccccc3)[C@]3(O)C[C@H](OC(=O)[C@H](O)[C@@H](NC(=O)OC(C)(C)C)c4ccccc4)C(C)=C1C3(C)C)[C@]1(OC(C)=O)CO[C@@H]1C[C@H]2F. The Morgan fingerprint density at radius 2 is 1.52 bits per heavy atom. The topological polar surface area (TPSA) is 210 Å². The van der Waals surface area contributed by atoms with E-state index in [4.69, 9.17) is 28.4 Å². The third-order valence-electron chi connectivity index (χ3n) is 12.8. The Labute approximate surface area is 353 Å². The number of carbonyl (C=O) groups excluding carboxylic acids is 6. The third kappa shape index (κ3) is 7.93. The molecule has 0 aromatic heterocycles. The number of alkyl halides is 1. The van der Waals surface area contributed by atoms with Crippen molar-refractivity contribution in [1.82, 2.24) is 5.32 Å². The molecule has 4 aliphatic rings. The average molecular weight is 852 g/mol. The summed E-state index contributed by atoms with van der Waals surface area (Å²) in [4.78, 5) is 82.7. The van der Waals surface area contributed by atoms with Gasteiger partial charge in [0.25, 0.3) is 0 Å². The van der Waals surface area contributed by atoms with Crippen LogP contribution in [0, 0.1) is 16.7 Å². The number of alkyl carbamates (subject to hydrolysis) is 1. The van der Waals surface area contributed by atoms with E-state index in [9.17, 15) is 34.2 Å². The van der Waals surface area contributed by atoms with E-state index in [1.807, 2.05) is 0 Å². The molecule has 3 N–H and O–H groups in total. The van der Waals surface area contributed by atoms with Crippen LogP contribution in [0.1, 0.15) is 97.1 Å². The summed E-state index contributed by atoms with van der Waals surface area (Å²) in [6, 6.07) is 14.4. The molecule has 1 aliphatic heterocycles. The number of ether oxygens (including phenoxy) is 6. The minimum absolute atomic E-state index is 0.0330. The summed E-state index contributed by atoms with van der Waals surface area (Å²) in [6.45, 7) is 12.5. The fourth-order valence-corrected chi connectivity index (χ4v) is 9.77. The van der Waals surface area contributed by atoms with Crippen molar-refractivity contribution >= 4 is 35.8 Å². The highest BCUT2D eigenvalue weighted by Gasteiger charge is 2.78. The molecule has 2 bridgehead atoms. The summed E-state index contributed by atoms with van der Waals surface area (Å²) in [5, 5.41) is 27.8. The molecule has 2 aromatic rings. The number of Topliss-reactive ketones (excluding diaryl/α,β-unsaturated/α-hetero) is 1. The average Bonchev–Trinajstić information content (AvgIpc) is 3.17. The Kier molecular flexibility index (Phi) is 12.1. The van der Waals surface area contributed by atoms with E-state index in [0.29, 0.717) is 5.56 Å². The van der Waals surface area contributed by atoms with Crippen molar-refractivity contribution in [3.05, 3.63) is 82.9 Å². The molecule has 3 aliphatic carbocycles. The standard InChI is InChI=1S/C45H54FNO14/c1-23-28(58-39(53)33(50)32(26-16-12-10-13-17-26)47-40(54)61-41(4,5)6)21-45(55)37(59-38(52)27-18-14-11-15-19-27)35-43(9,29(46)20-30-44(35,22-56-30)60-25(3)49)36(51)34(57-24(2)48)31(23)42(45,7)8/h10-19,28-30,32-35,37,50,55H,20-22H2,1-9H3,(H,47,54)/t28-,29+,30+,32-,33+,34+,35?,37-,43+,44-,45+/m0/s1. The summed E-state index contributed by atoms with van der Waals surface area (Å²) in [7, 11) is 0. The Morgan fingerprint density at radius 3 is 2.07 bits per heavy atom. The van der Waals surface area contributed by atoms with Crippen molar-refractivity contribution in [1.29, 1.82) is 0 Å². The fraction of sp³-hybridized carbons (Fsp3) is 0.556. The zero-order valence-corrected chi connectivity index (χ0v) is 35.7. The van der Waals surface area contributed by atoms with Crippen LogP contribution in [0.2, 0.25) is 0 Å². The number of amides is 1. The number of hydrogen-bond acceptors (Lipinski definition) is 14. The quantitative estimate of drug-likeness (QED) is 0.176. The van der Waals surface area contributed by atoms with Gasteiger partial charge in [-0.05, 0) is 63.5 Å². The molecule has 1 amide bonds. The number of aliphatic hydroxyl groups is 2. The zero-order chi connectivity index (χ0) is 45.0. The van der Waals surface area contributed by atoms with Crippen molar-refractivity contribution in [2.45, 2.75) is 135 Å². The third-order valence-corrected chi connectivity index (χ3v) is 12.8. The van der Waals surface area contributed by atoms with Crippen molar-refractivity contribution in [3.8, 4) is 0 Å². The van der Waals surface area contributed by atoms with Crippen LogP contribution in [0.15, 0.2) is 71.8 Å². The number of ketones is 1. The molecule has 1 unspecified atom stereocenters. The maximum absolute atomic E-state index is 17.1. The molecule has 6 rings (SSSR count). The molecular formula is C45H54FNO14. The first-order valence-electron chi connectivity index (χ1n) is 20.2. The molecule has 1 heterocycles. The molecule has 1 saturated heterocycles. The van der Waals surface area contributed by atoms with Crippen molar-refractivity contribution in [2.75, 3.05) is 6.61 Å². The predicted molar refractivity (Wildman–Crippen MR) is 212 cm³/mol. The normalized spacial score (nSPS) is 32.5. The van der Waals surface area contributed by atoms with Gasteiger partial charge in [0.05, 0.1) is 29.5 Å². The Balaban J connectivity index is 1.54. The first kappa shape index (κ1) is 45.3. The second kappa shape index (κ2) is 16.3. The first-order chi connectivity index (χ1) is 28.4. The highest BCUT2D eigenvalue weighted by atomic mass is 19.1. The van der Waals surface area contributed by atoms with Gasteiger partial charge in [-0.2, -0.15) is 0 Å². The number of hydrogen-bond donors (Lipinski definition) is 3. The minimum atomic E-state index is -2.45. The van der Waals surface area contributed by atoms with Crippen LogP contribution in [-0.4, -0.2) is 106 Å². The number of fused-ring (bicyclic) bond motifs is 5. The van der Waals surface area contributed by atoms with Crippen LogP contribution in [0.25, 0.3) is 0 Å². The number of halogens is 1. The molecule has 0 spiro atoms. The molecule has 16 heteroatoms. The van der Waals surface area contributed by atoms with Crippen molar-refractivity contribution in [2.24, 2.45) is 16.7 Å². The minimum Gasteiger partial charge on any atom is -0.456 e. The molecule has 3 fully saturated rings. The molecule has 2 aromatic carbocycles. The van der Waals surface area contributed by atoms with E-state index in [1.165, 1.54) is 39.8 Å². The highest BCUT2D eigenvalue weighted by Crippen LogP contribution is 2.65. The second-order valence-electron chi connectivity index (χ2n) is 18.1. The summed E-state index contributed by atoms with van der Waals surface area (Å²) in [5.74, 6) is -6.70. The van der Waals surface area contributed by atoms with Gasteiger partial charge in [0.15, 0.2) is 23.6 Å². The molecule has 330 valence electrons. The molecule has 15 nitrogen and oxygen atoms in total. The maximum Gasteiger partial charge on any atom is 0.408 e. The van der Waals surface area contributed by atoms with Crippen LogP contribution in [0.3, 0.4) is 0 Å². The summed E-state index contributed by atoms with van der Waals surface area (Å²) in [5.41, 5.74) is -8.84. The van der Waals surface area contributed by atoms with Crippen LogP contribution >= 0.6 is 0 Å². The monoisotopic (exact) mass is 851 g/mol. The Hall–Kier alpha value is -5.19. The highest BCUT2D eigenvalue weighted by molar-refractivity contribution is 5.95. The van der Waals surface area contributed by atoms with Gasteiger partial charge in [-0.25, -0.2) is 18.8 Å². The van der Waals surface area contributed by atoms with E-state index in [1.54, 1.807) is 69.3 Å². The molecule has 2 saturated carbocycles. The second-order valence-corrected chi connectivity index (χ2v) is 18.1. The number of rotatable bonds is 9. The van der Waals surface area contributed by atoms with Gasteiger partial charge >= 0.3 is 30.0 Å². The summed E-state index contributed by atoms with van der Waals surface area (Å²) in [6.07, 6.45) is -12.6. The lowest BCUT2D eigenvalue weighted by Gasteiger charge is -2.67.